The van der Waals surface area contributed by atoms with Gasteiger partial charge < -0.3 is 5.11 Å². The fraction of sp³-hybridized carbons (Fsp3) is 0.538. The molecule has 0 aliphatic heterocycles. The summed E-state index contributed by atoms with van der Waals surface area (Å²) in [5, 5.41) is 9.90. The summed E-state index contributed by atoms with van der Waals surface area (Å²) in [7, 11) is -2.08. The number of aliphatic hydroxyl groups excluding tert-OH is 1. The van der Waals surface area contributed by atoms with E-state index in [1.165, 1.54) is 13.1 Å². The maximum absolute atomic E-state index is 13.1. The lowest BCUT2D eigenvalue weighted by Gasteiger charge is -2.20. The summed E-state index contributed by atoms with van der Waals surface area (Å²) in [4.78, 5) is 0. The van der Waals surface area contributed by atoms with Crippen LogP contribution < -0.4 is 0 Å². The van der Waals surface area contributed by atoms with E-state index in [9.17, 15) is 22.3 Å². The fourth-order valence-corrected chi connectivity index (χ4v) is 3.00. The third kappa shape index (κ3) is 4.50. The fourth-order valence-electron chi connectivity index (χ4n) is 1.66. The Morgan fingerprint density at radius 2 is 1.95 bits per heavy atom. The molecule has 0 heterocycles. The molecular weight excluding hydrogens is 288 g/mol. The zero-order valence-corrected chi connectivity index (χ0v) is 12.3. The predicted octanol–water partition coefficient (Wildman–Crippen LogP) is 2.06. The molecule has 0 fully saturated rings. The van der Waals surface area contributed by atoms with Crippen molar-refractivity contribution in [3.8, 4) is 0 Å². The van der Waals surface area contributed by atoms with Crippen molar-refractivity contribution in [3.05, 3.63) is 35.4 Å². The molecule has 7 heteroatoms. The van der Waals surface area contributed by atoms with Crippen LogP contribution in [0, 0.1) is 11.6 Å². The molecule has 0 saturated carbocycles. The van der Waals surface area contributed by atoms with Gasteiger partial charge in [-0.1, -0.05) is 19.4 Å². The van der Waals surface area contributed by atoms with E-state index in [-0.39, 0.29) is 17.9 Å². The number of likely N-dealkylation sites (N-methyl/N-ethyl adjacent to an activating group) is 1. The Labute approximate surface area is 118 Å². The highest BCUT2D eigenvalue weighted by Crippen LogP contribution is 2.18. The van der Waals surface area contributed by atoms with E-state index in [0.29, 0.717) is 6.42 Å². The van der Waals surface area contributed by atoms with Gasteiger partial charge in [-0.2, -0.15) is 0 Å². The molecule has 1 atom stereocenters. The molecule has 1 rings (SSSR count). The minimum atomic E-state index is -3.44. The lowest BCUT2D eigenvalue weighted by atomic mass is 10.1. The van der Waals surface area contributed by atoms with Crippen molar-refractivity contribution >= 4 is 10.0 Å². The molecule has 20 heavy (non-hydrogen) atoms. The molecular formula is C13H19F2NO3S. The number of hydrogen-bond donors (Lipinski definition) is 1. The minimum absolute atomic E-state index is 0.00446. The van der Waals surface area contributed by atoms with Crippen molar-refractivity contribution in [3.63, 3.8) is 0 Å². The van der Waals surface area contributed by atoms with Crippen LogP contribution in [0.15, 0.2) is 18.2 Å². The smallest absolute Gasteiger partial charge is 0.213 e. The van der Waals surface area contributed by atoms with Crippen LogP contribution in [0.5, 0.6) is 0 Å². The average Bonchev–Trinajstić information content (AvgIpc) is 2.39. The molecule has 0 aliphatic rings. The van der Waals surface area contributed by atoms with Gasteiger partial charge in [-0.25, -0.2) is 21.5 Å². The first-order chi connectivity index (χ1) is 9.27. The van der Waals surface area contributed by atoms with Gasteiger partial charge in [0.2, 0.25) is 10.0 Å². The van der Waals surface area contributed by atoms with Gasteiger partial charge >= 0.3 is 0 Å². The van der Waals surface area contributed by atoms with Crippen LogP contribution in [0.4, 0.5) is 8.78 Å². The summed E-state index contributed by atoms with van der Waals surface area (Å²) in [6.45, 7) is 1.68. The van der Waals surface area contributed by atoms with E-state index < -0.39 is 27.8 Å². The highest BCUT2D eigenvalue weighted by molar-refractivity contribution is 7.89. The first-order valence-corrected chi connectivity index (χ1v) is 7.96. The van der Waals surface area contributed by atoms with Gasteiger partial charge in [0.25, 0.3) is 0 Å². The Bertz CT molecular complexity index is 549. The number of rotatable bonds is 7. The highest BCUT2D eigenvalue weighted by atomic mass is 32.2. The molecule has 0 saturated heterocycles. The number of unbranched alkanes of at least 4 members (excludes halogenated alkanes) is 1. The van der Waals surface area contributed by atoms with E-state index in [1.54, 1.807) is 0 Å². The van der Waals surface area contributed by atoms with E-state index in [4.69, 9.17) is 0 Å². The average molecular weight is 307 g/mol. The summed E-state index contributed by atoms with van der Waals surface area (Å²) in [6.07, 6.45) is 0.0822. The Morgan fingerprint density at radius 3 is 2.50 bits per heavy atom. The maximum Gasteiger partial charge on any atom is 0.213 e. The lowest BCUT2D eigenvalue weighted by molar-refractivity contribution is 0.154. The van der Waals surface area contributed by atoms with Crippen LogP contribution in [0.2, 0.25) is 0 Å². The molecule has 1 aromatic carbocycles. The number of hydrogen-bond acceptors (Lipinski definition) is 3. The van der Waals surface area contributed by atoms with Gasteiger partial charge in [0.1, 0.15) is 0 Å². The van der Waals surface area contributed by atoms with Crippen LogP contribution >= 0.6 is 0 Å². The predicted molar refractivity (Wildman–Crippen MR) is 72.6 cm³/mol. The number of halogens is 2. The van der Waals surface area contributed by atoms with Crippen molar-refractivity contribution in [2.24, 2.45) is 0 Å². The van der Waals surface area contributed by atoms with Gasteiger partial charge in [-0.05, 0) is 24.1 Å². The van der Waals surface area contributed by atoms with Crippen LogP contribution in [0.3, 0.4) is 0 Å². The SMILES string of the molecule is CCCCS(=O)(=O)N(C)CC(O)c1ccc(F)c(F)c1. The largest absolute Gasteiger partial charge is 0.387 e. The lowest BCUT2D eigenvalue weighted by Crippen LogP contribution is -2.33. The summed E-state index contributed by atoms with van der Waals surface area (Å²) in [5.41, 5.74) is 0.140. The van der Waals surface area contributed by atoms with Crippen LogP contribution in [0.1, 0.15) is 31.4 Å². The first kappa shape index (κ1) is 17.0. The Hall–Kier alpha value is -1.05. The summed E-state index contributed by atoms with van der Waals surface area (Å²) >= 11 is 0. The summed E-state index contributed by atoms with van der Waals surface area (Å²) in [5.74, 6) is -2.08. The number of nitrogens with zero attached hydrogens (tertiary/aromatic N) is 1. The molecule has 0 bridgehead atoms. The topological polar surface area (TPSA) is 57.6 Å². The Balaban J connectivity index is 2.74. The third-order valence-corrected chi connectivity index (χ3v) is 4.89. The number of aliphatic hydroxyl groups is 1. The molecule has 0 radical (unpaired) electrons. The first-order valence-electron chi connectivity index (χ1n) is 6.35. The second-order valence-electron chi connectivity index (χ2n) is 4.64. The maximum atomic E-state index is 13.1. The van der Waals surface area contributed by atoms with Crippen LogP contribution in [-0.2, 0) is 10.0 Å². The summed E-state index contributed by atoms with van der Waals surface area (Å²) in [6, 6.07) is 3.00. The number of sulfonamides is 1. The van der Waals surface area contributed by atoms with Crippen molar-refractivity contribution in [1.29, 1.82) is 0 Å². The second kappa shape index (κ2) is 7.10. The minimum Gasteiger partial charge on any atom is -0.387 e. The second-order valence-corrected chi connectivity index (χ2v) is 6.83. The molecule has 114 valence electrons. The van der Waals surface area contributed by atoms with Gasteiger partial charge in [0.15, 0.2) is 11.6 Å². The van der Waals surface area contributed by atoms with Crippen LogP contribution in [-0.4, -0.2) is 37.2 Å². The zero-order valence-electron chi connectivity index (χ0n) is 11.5. The van der Waals surface area contributed by atoms with Crippen molar-refractivity contribution in [2.75, 3.05) is 19.3 Å². The summed E-state index contributed by atoms with van der Waals surface area (Å²) < 4.78 is 50.6. The van der Waals surface area contributed by atoms with Crippen molar-refractivity contribution in [1.82, 2.24) is 4.31 Å². The van der Waals surface area contributed by atoms with Crippen molar-refractivity contribution < 1.29 is 22.3 Å². The van der Waals surface area contributed by atoms with Gasteiger partial charge in [0, 0.05) is 13.6 Å². The molecule has 1 aromatic rings. The Morgan fingerprint density at radius 1 is 1.30 bits per heavy atom. The molecule has 4 nitrogen and oxygen atoms in total. The van der Waals surface area contributed by atoms with E-state index in [0.717, 1.165) is 22.9 Å². The molecule has 0 aromatic heterocycles. The monoisotopic (exact) mass is 307 g/mol. The Kier molecular flexibility index (Phi) is 6.04. The van der Waals surface area contributed by atoms with Gasteiger partial charge in [-0.15, -0.1) is 0 Å². The highest BCUT2D eigenvalue weighted by Gasteiger charge is 2.21. The third-order valence-electron chi connectivity index (χ3n) is 2.99. The number of benzene rings is 1. The van der Waals surface area contributed by atoms with Crippen LogP contribution in [0.25, 0.3) is 0 Å². The van der Waals surface area contributed by atoms with E-state index >= 15 is 0 Å². The normalized spacial score (nSPS) is 13.7. The van der Waals surface area contributed by atoms with Gasteiger partial charge in [-0.3, -0.25) is 0 Å². The van der Waals surface area contributed by atoms with E-state index in [2.05, 4.69) is 0 Å². The molecule has 1 N–H and O–H groups in total. The van der Waals surface area contributed by atoms with Gasteiger partial charge in [0.05, 0.1) is 11.9 Å². The standard InChI is InChI=1S/C13H19F2NO3S/c1-3-4-7-20(18,19)16(2)9-13(17)10-5-6-11(14)12(15)8-10/h5-6,8,13,17H,3-4,7,9H2,1-2H3. The molecule has 0 spiro atoms. The van der Waals surface area contributed by atoms with Crippen molar-refractivity contribution in [2.45, 2.75) is 25.9 Å². The van der Waals surface area contributed by atoms with E-state index in [1.807, 2.05) is 6.92 Å². The quantitative estimate of drug-likeness (QED) is 0.839. The molecule has 0 aliphatic carbocycles. The molecule has 1 unspecified atom stereocenters. The zero-order chi connectivity index (χ0) is 15.3. The molecule has 0 amide bonds.